The van der Waals surface area contributed by atoms with Crippen LogP contribution in [0.1, 0.15) is 31.5 Å². The molecule has 0 bridgehead atoms. The Bertz CT molecular complexity index is 526. The molecule has 0 saturated carbocycles. The van der Waals surface area contributed by atoms with E-state index in [1.54, 1.807) is 0 Å². The minimum absolute atomic E-state index is 0.460. The molecular formula is C18H24N2O. The van der Waals surface area contributed by atoms with E-state index in [9.17, 15) is 0 Å². The van der Waals surface area contributed by atoms with Gasteiger partial charge in [0.2, 0.25) is 5.88 Å². The summed E-state index contributed by atoms with van der Waals surface area (Å²) in [6.07, 6.45) is 2.04. The fourth-order valence-electron chi connectivity index (χ4n) is 2.04. The van der Waals surface area contributed by atoms with Gasteiger partial charge in [-0.1, -0.05) is 50.2 Å². The Hall–Kier alpha value is -1.87. The van der Waals surface area contributed by atoms with Crippen LogP contribution in [0.15, 0.2) is 48.5 Å². The number of hydrogen-bond donors (Lipinski definition) is 1. The van der Waals surface area contributed by atoms with E-state index in [0.717, 1.165) is 25.1 Å². The molecule has 0 fully saturated rings. The molecule has 0 saturated heterocycles. The second-order valence-electron chi connectivity index (χ2n) is 5.44. The number of benzene rings is 1. The SMILES string of the molecule is CC(C)NCc1cccc(OCCCc2ccccc2)n1. The van der Waals surface area contributed by atoms with E-state index in [2.05, 4.69) is 48.4 Å². The van der Waals surface area contributed by atoms with Gasteiger partial charge in [-0.25, -0.2) is 4.98 Å². The van der Waals surface area contributed by atoms with Gasteiger partial charge in [0.15, 0.2) is 0 Å². The van der Waals surface area contributed by atoms with Crippen LogP contribution < -0.4 is 10.1 Å². The van der Waals surface area contributed by atoms with Crippen LogP contribution in [0.3, 0.4) is 0 Å². The first-order chi connectivity index (χ1) is 10.2. The van der Waals surface area contributed by atoms with E-state index >= 15 is 0 Å². The van der Waals surface area contributed by atoms with Crippen molar-refractivity contribution in [2.75, 3.05) is 6.61 Å². The molecule has 0 aliphatic rings. The number of nitrogens with zero attached hydrogens (tertiary/aromatic N) is 1. The molecule has 3 heteroatoms. The third-order valence-electron chi connectivity index (χ3n) is 3.18. The molecule has 2 aromatic rings. The van der Waals surface area contributed by atoms with Crippen LogP contribution in [0.5, 0.6) is 5.88 Å². The molecule has 0 aliphatic carbocycles. The molecule has 1 N–H and O–H groups in total. The van der Waals surface area contributed by atoms with Gasteiger partial charge in [0, 0.05) is 18.7 Å². The molecule has 21 heavy (non-hydrogen) atoms. The molecule has 0 radical (unpaired) electrons. The number of hydrogen-bond acceptors (Lipinski definition) is 3. The standard InChI is InChI=1S/C18H24N2O/c1-15(2)19-14-17-11-6-12-18(20-17)21-13-7-10-16-8-4-3-5-9-16/h3-6,8-9,11-12,15,19H,7,10,13-14H2,1-2H3. The van der Waals surface area contributed by atoms with E-state index in [4.69, 9.17) is 4.74 Å². The van der Waals surface area contributed by atoms with Crippen molar-refractivity contribution < 1.29 is 4.74 Å². The van der Waals surface area contributed by atoms with Crippen LogP contribution in [0.4, 0.5) is 0 Å². The summed E-state index contributed by atoms with van der Waals surface area (Å²) < 4.78 is 5.74. The first kappa shape index (κ1) is 15.5. The number of aromatic nitrogens is 1. The number of ether oxygens (including phenoxy) is 1. The molecule has 0 unspecified atom stereocenters. The van der Waals surface area contributed by atoms with Crippen molar-refractivity contribution >= 4 is 0 Å². The smallest absolute Gasteiger partial charge is 0.213 e. The fraction of sp³-hybridized carbons (Fsp3) is 0.389. The minimum atomic E-state index is 0.460. The predicted octanol–water partition coefficient (Wildman–Crippen LogP) is 3.59. The third-order valence-corrected chi connectivity index (χ3v) is 3.18. The van der Waals surface area contributed by atoms with Gasteiger partial charge < -0.3 is 10.1 Å². The van der Waals surface area contributed by atoms with Crippen molar-refractivity contribution in [1.29, 1.82) is 0 Å². The van der Waals surface area contributed by atoms with Crippen LogP contribution in [0, 0.1) is 0 Å². The second-order valence-corrected chi connectivity index (χ2v) is 5.44. The van der Waals surface area contributed by atoms with Crippen LogP contribution in [0.25, 0.3) is 0 Å². The van der Waals surface area contributed by atoms with Gasteiger partial charge in [0.1, 0.15) is 0 Å². The highest BCUT2D eigenvalue weighted by atomic mass is 16.5. The molecule has 2 rings (SSSR count). The Kier molecular flexibility index (Phi) is 6.22. The van der Waals surface area contributed by atoms with Gasteiger partial charge in [-0.15, -0.1) is 0 Å². The van der Waals surface area contributed by atoms with Crippen molar-refractivity contribution in [3.05, 3.63) is 59.8 Å². The Morgan fingerprint density at radius 1 is 1.05 bits per heavy atom. The highest BCUT2D eigenvalue weighted by Gasteiger charge is 2.00. The number of pyridine rings is 1. The maximum Gasteiger partial charge on any atom is 0.213 e. The maximum absolute atomic E-state index is 5.74. The summed E-state index contributed by atoms with van der Waals surface area (Å²) >= 11 is 0. The summed E-state index contributed by atoms with van der Waals surface area (Å²) in [6, 6.07) is 16.9. The maximum atomic E-state index is 5.74. The van der Waals surface area contributed by atoms with Crippen LogP contribution in [0.2, 0.25) is 0 Å². The highest BCUT2D eigenvalue weighted by molar-refractivity contribution is 5.16. The molecule has 0 spiro atoms. The van der Waals surface area contributed by atoms with E-state index in [0.29, 0.717) is 18.5 Å². The lowest BCUT2D eigenvalue weighted by molar-refractivity contribution is 0.298. The minimum Gasteiger partial charge on any atom is -0.478 e. The first-order valence-electron chi connectivity index (χ1n) is 7.60. The normalized spacial score (nSPS) is 10.8. The quantitative estimate of drug-likeness (QED) is 0.752. The average Bonchev–Trinajstić information content (AvgIpc) is 2.51. The third kappa shape index (κ3) is 5.96. The lowest BCUT2D eigenvalue weighted by Crippen LogP contribution is -2.22. The van der Waals surface area contributed by atoms with Gasteiger partial charge in [-0.05, 0) is 24.5 Å². The van der Waals surface area contributed by atoms with Crippen molar-refractivity contribution in [1.82, 2.24) is 10.3 Å². The predicted molar refractivity (Wildman–Crippen MR) is 86.5 cm³/mol. The van der Waals surface area contributed by atoms with Gasteiger partial charge in [0.05, 0.1) is 12.3 Å². The Labute approximate surface area is 127 Å². The monoisotopic (exact) mass is 284 g/mol. The van der Waals surface area contributed by atoms with Gasteiger partial charge >= 0.3 is 0 Å². The molecule has 1 aromatic heterocycles. The van der Waals surface area contributed by atoms with Gasteiger partial charge in [-0.3, -0.25) is 0 Å². The van der Waals surface area contributed by atoms with E-state index in [1.165, 1.54) is 5.56 Å². The zero-order valence-electron chi connectivity index (χ0n) is 12.9. The number of nitrogens with one attached hydrogen (secondary N) is 1. The summed E-state index contributed by atoms with van der Waals surface area (Å²) in [7, 11) is 0. The van der Waals surface area contributed by atoms with Gasteiger partial charge in [0.25, 0.3) is 0 Å². The average molecular weight is 284 g/mol. The molecule has 1 aromatic carbocycles. The topological polar surface area (TPSA) is 34.1 Å². The van der Waals surface area contributed by atoms with Crippen molar-refractivity contribution in [2.45, 2.75) is 39.3 Å². The van der Waals surface area contributed by atoms with Crippen molar-refractivity contribution in [2.24, 2.45) is 0 Å². The lowest BCUT2D eigenvalue weighted by atomic mass is 10.1. The van der Waals surface area contributed by atoms with E-state index in [-0.39, 0.29) is 0 Å². The molecule has 1 heterocycles. The lowest BCUT2D eigenvalue weighted by Gasteiger charge is -2.09. The first-order valence-corrected chi connectivity index (χ1v) is 7.60. The largest absolute Gasteiger partial charge is 0.478 e. The Balaban J connectivity index is 1.74. The Morgan fingerprint density at radius 3 is 2.62 bits per heavy atom. The summed E-state index contributed by atoms with van der Waals surface area (Å²) in [5.74, 6) is 0.714. The zero-order valence-corrected chi connectivity index (χ0v) is 12.9. The second kappa shape index (κ2) is 8.42. The summed E-state index contributed by atoms with van der Waals surface area (Å²) in [5, 5.41) is 3.36. The highest BCUT2D eigenvalue weighted by Crippen LogP contribution is 2.09. The Morgan fingerprint density at radius 2 is 1.86 bits per heavy atom. The van der Waals surface area contributed by atoms with Crippen molar-refractivity contribution in [3.63, 3.8) is 0 Å². The summed E-state index contributed by atoms with van der Waals surface area (Å²) in [5.41, 5.74) is 2.37. The van der Waals surface area contributed by atoms with E-state index < -0.39 is 0 Å². The molecule has 0 aliphatic heterocycles. The molecular weight excluding hydrogens is 260 g/mol. The molecule has 0 atom stereocenters. The number of aryl methyl sites for hydroxylation is 1. The number of rotatable bonds is 8. The van der Waals surface area contributed by atoms with E-state index in [1.807, 2.05) is 24.3 Å². The summed E-state index contributed by atoms with van der Waals surface area (Å²) in [6.45, 7) is 5.73. The van der Waals surface area contributed by atoms with Crippen LogP contribution in [-0.4, -0.2) is 17.6 Å². The van der Waals surface area contributed by atoms with Crippen LogP contribution in [-0.2, 0) is 13.0 Å². The fourth-order valence-corrected chi connectivity index (χ4v) is 2.04. The molecule has 0 amide bonds. The van der Waals surface area contributed by atoms with Gasteiger partial charge in [-0.2, -0.15) is 0 Å². The van der Waals surface area contributed by atoms with Crippen molar-refractivity contribution in [3.8, 4) is 5.88 Å². The molecule has 3 nitrogen and oxygen atoms in total. The summed E-state index contributed by atoms with van der Waals surface area (Å²) in [4.78, 5) is 4.50. The zero-order chi connectivity index (χ0) is 14.9. The molecule has 112 valence electrons. The van der Waals surface area contributed by atoms with Crippen LogP contribution >= 0.6 is 0 Å².